The van der Waals surface area contributed by atoms with Gasteiger partial charge in [0.15, 0.2) is 0 Å². The van der Waals surface area contributed by atoms with Gasteiger partial charge in [-0.1, -0.05) is 0 Å². The number of hydrogen-bond acceptors (Lipinski definition) is 5. The summed E-state index contributed by atoms with van der Waals surface area (Å²) in [5.74, 6) is -0.168. The summed E-state index contributed by atoms with van der Waals surface area (Å²) in [6.07, 6.45) is 0.422. The van der Waals surface area contributed by atoms with Crippen molar-refractivity contribution in [2.24, 2.45) is 0 Å². The normalized spacial score (nSPS) is 22.6. The Morgan fingerprint density at radius 3 is 2.88 bits per heavy atom. The third kappa shape index (κ3) is 3.68. The van der Waals surface area contributed by atoms with Crippen LogP contribution in [0.3, 0.4) is 0 Å². The molecule has 0 aromatic carbocycles. The number of nitrogens with zero attached hydrogens (tertiary/aromatic N) is 3. The first-order chi connectivity index (χ1) is 12.4. The second-order valence-corrected chi connectivity index (χ2v) is 7.81. The Labute approximate surface area is 156 Å². The van der Waals surface area contributed by atoms with Gasteiger partial charge in [0, 0.05) is 25.0 Å². The Hall–Kier alpha value is -2.13. The van der Waals surface area contributed by atoms with Crippen molar-refractivity contribution in [3.8, 4) is 0 Å². The molecule has 4 amide bonds. The summed E-state index contributed by atoms with van der Waals surface area (Å²) in [5, 5.41) is 14.2. The lowest BCUT2D eigenvalue weighted by Gasteiger charge is -2.33. The molecule has 2 N–H and O–H groups in total. The Kier molecular flexibility index (Phi) is 5.47. The fourth-order valence-corrected chi connectivity index (χ4v) is 4.38. The predicted octanol–water partition coefficient (Wildman–Crippen LogP) is 0.00192. The Balaban J connectivity index is 1.64. The lowest BCUT2D eigenvalue weighted by Crippen LogP contribution is -2.56. The van der Waals surface area contributed by atoms with Gasteiger partial charge in [0.2, 0.25) is 11.8 Å². The largest absolute Gasteiger partial charge is 0.395 e. The van der Waals surface area contributed by atoms with Crippen LogP contribution in [0.2, 0.25) is 0 Å². The Morgan fingerprint density at radius 2 is 2.23 bits per heavy atom. The molecule has 2 aliphatic rings. The number of hydrogen-bond donors (Lipinski definition) is 2. The van der Waals surface area contributed by atoms with Crippen LogP contribution in [-0.4, -0.2) is 83.0 Å². The second-order valence-electron chi connectivity index (χ2n) is 6.81. The maximum Gasteiger partial charge on any atom is 0.318 e. The molecule has 0 spiro atoms. The third-order valence-corrected chi connectivity index (χ3v) is 5.95. The number of thiophene rings is 1. The van der Waals surface area contributed by atoms with E-state index in [2.05, 4.69) is 5.32 Å². The fraction of sp³-hybridized carbons (Fsp3) is 0.588. The van der Waals surface area contributed by atoms with Crippen molar-refractivity contribution in [3.05, 3.63) is 21.9 Å². The molecule has 2 saturated heterocycles. The molecule has 0 radical (unpaired) electrons. The highest BCUT2D eigenvalue weighted by Gasteiger charge is 2.45. The van der Waals surface area contributed by atoms with Gasteiger partial charge in [0.05, 0.1) is 25.7 Å². The summed E-state index contributed by atoms with van der Waals surface area (Å²) in [6.45, 7) is 2.95. The van der Waals surface area contributed by atoms with Crippen LogP contribution < -0.4 is 5.32 Å². The van der Waals surface area contributed by atoms with Gasteiger partial charge in [-0.3, -0.25) is 9.59 Å². The molecule has 2 fully saturated rings. The van der Waals surface area contributed by atoms with E-state index in [4.69, 9.17) is 0 Å². The molecular weight excluding hydrogens is 356 g/mol. The molecule has 2 aliphatic heterocycles. The molecule has 26 heavy (non-hydrogen) atoms. The number of rotatable bonds is 5. The van der Waals surface area contributed by atoms with E-state index in [1.807, 2.05) is 18.4 Å². The van der Waals surface area contributed by atoms with Gasteiger partial charge in [-0.25, -0.2) is 4.79 Å². The number of amides is 4. The third-order valence-electron chi connectivity index (χ3n) is 4.94. The van der Waals surface area contributed by atoms with Crippen LogP contribution in [0.15, 0.2) is 11.4 Å². The van der Waals surface area contributed by atoms with Crippen LogP contribution in [0.25, 0.3) is 0 Å². The molecule has 9 heteroatoms. The molecule has 142 valence electrons. The molecule has 1 aromatic heterocycles. The Bertz CT molecular complexity index is 707. The summed E-state index contributed by atoms with van der Waals surface area (Å²) in [7, 11) is 1.62. The zero-order valence-electron chi connectivity index (χ0n) is 15.0. The first-order valence-corrected chi connectivity index (χ1v) is 9.52. The van der Waals surface area contributed by atoms with Crippen molar-refractivity contribution in [3.63, 3.8) is 0 Å². The summed E-state index contributed by atoms with van der Waals surface area (Å²) in [6, 6.07) is 0.956. The van der Waals surface area contributed by atoms with E-state index < -0.39 is 6.04 Å². The van der Waals surface area contributed by atoms with E-state index in [1.165, 1.54) is 4.90 Å². The molecule has 0 aliphatic carbocycles. The quantitative estimate of drug-likeness (QED) is 0.752. The fourth-order valence-electron chi connectivity index (χ4n) is 3.45. The highest BCUT2D eigenvalue weighted by atomic mass is 32.1. The number of aryl methyl sites for hydroxylation is 1. The van der Waals surface area contributed by atoms with E-state index >= 15 is 0 Å². The number of likely N-dealkylation sites (N-methyl/N-ethyl adjacent to an activating group) is 1. The number of piperazine rings is 1. The highest BCUT2D eigenvalue weighted by Crippen LogP contribution is 2.24. The molecule has 3 rings (SSSR count). The van der Waals surface area contributed by atoms with E-state index in [0.29, 0.717) is 19.5 Å². The second kappa shape index (κ2) is 7.63. The molecule has 1 aromatic rings. The number of nitrogens with one attached hydrogen (secondary N) is 1. The van der Waals surface area contributed by atoms with Crippen molar-refractivity contribution < 1.29 is 19.5 Å². The minimum absolute atomic E-state index is 0.0808. The average molecular weight is 380 g/mol. The van der Waals surface area contributed by atoms with Crippen LogP contribution in [0.5, 0.6) is 0 Å². The van der Waals surface area contributed by atoms with Crippen molar-refractivity contribution in [2.45, 2.75) is 32.0 Å². The van der Waals surface area contributed by atoms with Crippen molar-refractivity contribution in [1.82, 2.24) is 20.0 Å². The van der Waals surface area contributed by atoms with Gasteiger partial charge in [-0.15, -0.1) is 11.3 Å². The minimum Gasteiger partial charge on any atom is -0.395 e. The standard InChI is InChI=1S/C17H24N4O4S/c1-11-3-6-26-14(11)9-20(4-5-22)17(25)18-12-7-13-16(24)19(2)10-15(23)21(13)8-12/h3,6,12-13,22H,4-5,7-10H2,1-2H3,(H,18,25)/t12-,13-/m0/s1. The van der Waals surface area contributed by atoms with Crippen LogP contribution in [0.1, 0.15) is 16.9 Å². The number of aliphatic hydroxyl groups excluding tert-OH is 1. The average Bonchev–Trinajstić information content (AvgIpc) is 3.19. The predicted molar refractivity (Wildman–Crippen MR) is 96.6 cm³/mol. The van der Waals surface area contributed by atoms with Gasteiger partial charge >= 0.3 is 6.03 Å². The maximum atomic E-state index is 12.7. The van der Waals surface area contributed by atoms with Crippen LogP contribution in [0.4, 0.5) is 4.79 Å². The van der Waals surface area contributed by atoms with Gasteiger partial charge < -0.3 is 25.1 Å². The van der Waals surface area contributed by atoms with Gasteiger partial charge in [0.1, 0.15) is 6.04 Å². The lowest BCUT2D eigenvalue weighted by molar-refractivity contribution is -0.152. The smallest absolute Gasteiger partial charge is 0.318 e. The van der Waals surface area contributed by atoms with Gasteiger partial charge in [-0.2, -0.15) is 0 Å². The first-order valence-electron chi connectivity index (χ1n) is 8.64. The summed E-state index contributed by atoms with van der Waals surface area (Å²) < 4.78 is 0. The van der Waals surface area contributed by atoms with Crippen LogP contribution in [0, 0.1) is 6.92 Å². The minimum atomic E-state index is -0.489. The molecule has 8 nitrogen and oxygen atoms in total. The van der Waals surface area contributed by atoms with E-state index in [-0.39, 0.29) is 43.6 Å². The molecule has 3 heterocycles. The summed E-state index contributed by atoms with van der Waals surface area (Å²) in [4.78, 5) is 42.7. The van der Waals surface area contributed by atoms with E-state index in [1.54, 1.807) is 28.2 Å². The van der Waals surface area contributed by atoms with Crippen LogP contribution >= 0.6 is 11.3 Å². The molecule has 2 atom stereocenters. The zero-order chi connectivity index (χ0) is 18.8. The van der Waals surface area contributed by atoms with Crippen molar-refractivity contribution in [2.75, 3.05) is 33.3 Å². The SMILES string of the molecule is Cc1ccsc1CN(CCO)C(=O)N[C@H]1C[C@H]2C(=O)N(C)CC(=O)N2C1. The topological polar surface area (TPSA) is 93.2 Å². The van der Waals surface area contributed by atoms with Gasteiger partial charge in [0.25, 0.3) is 0 Å². The van der Waals surface area contributed by atoms with E-state index in [9.17, 15) is 19.5 Å². The number of fused-ring (bicyclic) bond motifs is 1. The van der Waals surface area contributed by atoms with Crippen molar-refractivity contribution >= 4 is 29.2 Å². The monoisotopic (exact) mass is 380 g/mol. The number of carbonyl (C=O) groups excluding carboxylic acids is 3. The Morgan fingerprint density at radius 1 is 1.46 bits per heavy atom. The van der Waals surface area contributed by atoms with E-state index in [0.717, 1.165) is 10.4 Å². The maximum absolute atomic E-state index is 12.7. The zero-order valence-corrected chi connectivity index (χ0v) is 15.8. The first kappa shape index (κ1) is 18.7. The van der Waals surface area contributed by atoms with Gasteiger partial charge in [-0.05, 0) is 30.4 Å². The highest BCUT2D eigenvalue weighted by molar-refractivity contribution is 7.10. The molecule has 0 bridgehead atoms. The molecular formula is C17H24N4O4S. The summed E-state index contributed by atoms with van der Waals surface area (Å²) >= 11 is 1.57. The van der Waals surface area contributed by atoms with Crippen LogP contribution in [-0.2, 0) is 16.1 Å². The number of urea groups is 1. The number of aliphatic hydroxyl groups is 1. The van der Waals surface area contributed by atoms with Crippen molar-refractivity contribution in [1.29, 1.82) is 0 Å². The molecule has 0 unspecified atom stereocenters. The molecule has 0 saturated carbocycles. The summed E-state index contributed by atoms with van der Waals surface area (Å²) in [5.41, 5.74) is 1.11. The number of carbonyl (C=O) groups is 3. The lowest BCUT2D eigenvalue weighted by atomic mass is 10.1.